The number of hydrogen-bond acceptors (Lipinski definition) is 6. The molecule has 2 N–H and O–H groups in total. The number of carbonyl (C=O) groups excluding carboxylic acids is 1. The highest BCUT2D eigenvalue weighted by atomic mass is 35.5. The van der Waals surface area contributed by atoms with Crippen molar-refractivity contribution in [1.29, 1.82) is 0 Å². The van der Waals surface area contributed by atoms with Crippen LogP contribution in [0.4, 0.5) is 10.5 Å². The van der Waals surface area contributed by atoms with E-state index in [4.69, 9.17) is 30.7 Å². The zero-order chi connectivity index (χ0) is 27.2. The Labute approximate surface area is 225 Å². The van der Waals surface area contributed by atoms with Crippen LogP contribution in [0.5, 0.6) is 5.75 Å². The molecule has 1 heterocycles. The Bertz CT molecular complexity index is 1450. The molecule has 4 rings (SSSR count). The van der Waals surface area contributed by atoms with E-state index in [1.165, 1.54) is 0 Å². The van der Waals surface area contributed by atoms with Crippen LogP contribution in [-0.4, -0.2) is 29.4 Å². The molecule has 1 atom stereocenters. The number of methoxy groups -OCH3 is 1. The molecule has 0 spiro atoms. The fourth-order valence-corrected chi connectivity index (χ4v) is 4.41. The molecular weight excluding hydrogens is 508 g/mol. The van der Waals surface area contributed by atoms with Crippen molar-refractivity contribution in [2.24, 2.45) is 0 Å². The molecule has 1 unspecified atom stereocenters. The van der Waals surface area contributed by atoms with Gasteiger partial charge in [-0.2, -0.15) is 0 Å². The van der Waals surface area contributed by atoms with E-state index in [1.54, 1.807) is 45.2 Å². The van der Waals surface area contributed by atoms with Crippen molar-refractivity contribution in [2.75, 3.05) is 12.4 Å². The topological polar surface area (TPSA) is 111 Å². The summed E-state index contributed by atoms with van der Waals surface area (Å²) in [6.45, 7) is 3.47. The van der Waals surface area contributed by atoms with Crippen LogP contribution in [0.2, 0.25) is 5.02 Å². The summed E-state index contributed by atoms with van der Waals surface area (Å²) in [5, 5.41) is 16.4. The number of nitrogens with zero attached hydrogens (tertiary/aromatic N) is 1. The molecule has 0 saturated heterocycles. The van der Waals surface area contributed by atoms with E-state index in [0.717, 1.165) is 16.7 Å². The Balaban J connectivity index is 1.49. The first-order chi connectivity index (χ1) is 18.2. The number of aromatic nitrogens is 1. The van der Waals surface area contributed by atoms with Gasteiger partial charge in [0.2, 0.25) is 0 Å². The van der Waals surface area contributed by atoms with Gasteiger partial charge in [-0.05, 0) is 42.7 Å². The molecule has 8 nitrogen and oxygen atoms in total. The van der Waals surface area contributed by atoms with Crippen LogP contribution in [-0.2, 0) is 22.4 Å². The van der Waals surface area contributed by atoms with Gasteiger partial charge in [0, 0.05) is 22.6 Å². The molecule has 1 amide bonds. The lowest BCUT2D eigenvalue weighted by molar-refractivity contribution is -0.136. The maximum atomic E-state index is 12.7. The summed E-state index contributed by atoms with van der Waals surface area (Å²) in [6.07, 6.45) is -0.729. The number of carboxylic acids is 1. The Morgan fingerprint density at radius 3 is 2.47 bits per heavy atom. The minimum Gasteiger partial charge on any atom is -0.496 e. The number of anilines is 1. The molecule has 0 aliphatic carbocycles. The molecule has 0 aliphatic rings. The summed E-state index contributed by atoms with van der Waals surface area (Å²) >= 11 is 6.22. The molecule has 0 radical (unpaired) electrons. The van der Waals surface area contributed by atoms with Crippen molar-refractivity contribution in [3.63, 3.8) is 0 Å². The maximum absolute atomic E-state index is 12.7. The SMILES string of the molecule is COc1ccc(CC(=O)O)cc1Cc1ccc(-c2onc(C)c2NC(=O)OC(C)c2ccccc2Cl)cc1. The summed E-state index contributed by atoms with van der Waals surface area (Å²) in [6, 6.07) is 20.1. The summed E-state index contributed by atoms with van der Waals surface area (Å²) in [7, 11) is 1.58. The second-order valence-electron chi connectivity index (χ2n) is 8.76. The number of amides is 1. The molecule has 0 bridgehead atoms. The monoisotopic (exact) mass is 534 g/mol. The quantitative estimate of drug-likeness (QED) is 0.242. The van der Waals surface area contributed by atoms with E-state index in [9.17, 15) is 9.59 Å². The average Bonchev–Trinajstić information content (AvgIpc) is 3.24. The van der Waals surface area contributed by atoms with E-state index >= 15 is 0 Å². The number of halogens is 1. The van der Waals surface area contributed by atoms with Crippen molar-refractivity contribution < 1.29 is 28.7 Å². The van der Waals surface area contributed by atoms with Crippen LogP contribution in [0.1, 0.15) is 41.0 Å². The van der Waals surface area contributed by atoms with E-state index in [0.29, 0.717) is 45.5 Å². The largest absolute Gasteiger partial charge is 0.496 e. The second kappa shape index (κ2) is 11.8. The smallest absolute Gasteiger partial charge is 0.412 e. The normalized spacial score (nSPS) is 11.6. The van der Waals surface area contributed by atoms with Crippen LogP contribution >= 0.6 is 11.6 Å². The lowest BCUT2D eigenvalue weighted by atomic mass is 9.99. The Hall–Kier alpha value is -4.30. The fourth-order valence-electron chi connectivity index (χ4n) is 4.12. The first-order valence-corrected chi connectivity index (χ1v) is 12.3. The number of aryl methyl sites for hydroxylation is 1. The van der Waals surface area contributed by atoms with Gasteiger partial charge in [0.05, 0.1) is 13.5 Å². The van der Waals surface area contributed by atoms with Gasteiger partial charge in [-0.25, -0.2) is 4.79 Å². The van der Waals surface area contributed by atoms with Crippen LogP contribution in [0, 0.1) is 6.92 Å². The third kappa shape index (κ3) is 6.33. The molecule has 3 aromatic carbocycles. The molecule has 0 fully saturated rings. The Kier molecular flexibility index (Phi) is 8.33. The number of nitrogens with one attached hydrogen (secondary N) is 1. The van der Waals surface area contributed by atoms with E-state index in [-0.39, 0.29) is 6.42 Å². The van der Waals surface area contributed by atoms with Gasteiger partial charge in [0.25, 0.3) is 0 Å². The summed E-state index contributed by atoms with van der Waals surface area (Å²) in [5.74, 6) is 0.196. The second-order valence-corrected chi connectivity index (χ2v) is 9.16. The van der Waals surface area contributed by atoms with Gasteiger partial charge in [0.1, 0.15) is 23.2 Å². The third-order valence-corrected chi connectivity index (χ3v) is 6.37. The summed E-state index contributed by atoms with van der Waals surface area (Å²) in [4.78, 5) is 23.8. The number of carboxylic acid groups (broad SMARTS) is 1. The maximum Gasteiger partial charge on any atom is 0.412 e. The molecule has 1 aromatic heterocycles. The van der Waals surface area contributed by atoms with Crippen molar-refractivity contribution in [3.05, 3.63) is 99.7 Å². The Morgan fingerprint density at radius 2 is 1.79 bits per heavy atom. The highest BCUT2D eigenvalue weighted by Gasteiger charge is 2.21. The van der Waals surface area contributed by atoms with Crippen LogP contribution in [0.25, 0.3) is 11.3 Å². The van der Waals surface area contributed by atoms with E-state index in [2.05, 4.69) is 10.5 Å². The first kappa shape index (κ1) is 26.8. The molecule has 38 heavy (non-hydrogen) atoms. The molecule has 196 valence electrons. The predicted molar refractivity (Wildman–Crippen MR) is 144 cm³/mol. The van der Waals surface area contributed by atoms with Crippen LogP contribution in [0.15, 0.2) is 71.3 Å². The average molecular weight is 535 g/mol. The molecule has 9 heteroatoms. The zero-order valence-electron chi connectivity index (χ0n) is 21.2. The highest BCUT2D eigenvalue weighted by molar-refractivity contribution is 6.31. The van der Waals surface area contributed by atoms with Crippen molar-refractivity contribution >= 4 is 29.4 Å². The lowest BCUT2D eigenvalue weighted by Crippen LogP contribution is -2.17. The molecule has 4 aromatic rings. The number of rotatable bonds is 9. The third-order valence-electron chi connectivity index (χ3n) is 6.03. The number of ether oxygens (including phenoxy) is 2. The number of benzene rings is 3. The van der Waals surface area contributed by atoms with Crippen molar-refractivity contribution in [3.8, 4) is 17.1 Å². The Morgan fingerprint density at radius 1 is 1.08 bits per heavy atom. The first-order valence-electron chi connectivity index (χ1n) is 11.9. The molecule has 0 saturated carbocycles. The van der Waals surface area contributed by atoms with Gasteiger partial charge in [0.15, 0.2) is 5.76 Å². The minimum absolute atomic E-state index is 0.0594. The van der Waals surface area contributed by atoms with Crippen molar-refractivity contribution in [2.45, 2.75) is 32.8 Å². The predicted octanol–water partition coefficient (Wildman–Crippen LogP) is 6.84. The number of hydrogen-bond donors (Lipinski definition) is 2. The summed E-state index contributed by atoms with van der Waals surface area (Å²) < 4.78 is 16.5. The van der Waals surface area contributed by atoms with Crippen LogP contribution < -0.4 is 10.1 Å². The van der Waals surface area contributed by atoms with Crippen LogP contribution in [0.3, 0.4) is 0 Å². The number of aliphatic carboxylic acids is 1. The molecule has 0 aliphatic heterocycles. The standard InChI is InChI=1S/C29H27ClN2O6/c1-17-27(31-29(35)37-18(2)23-6-4-5-7-24(23)30)28(38-32-17)21-11-8-19(9-12-21)14-22-15-20(16-26(33)34)10-13-25(22)36-3/h4-13,15,18H,14,16H2,1-3H3,(H,31,35)(H,33,34). The lowest BCUT2D eigenvalue weighted by Gasteiger charge is -2.15. The van der Waals surface area contributed by atoms with Gasteiger partial charge in [-0.15, -0.1) is 0 Å². The summed E-state index contributed by atoms with van der Waals surface area (Å²) in [5.41, 5.74) is 4.91. The van der Waals surface area contributed by atoms with Gasteiger partial charge < -0.3 is 19.1 Å². The van der Waals surface area contributed by atoms with Gasteiger partial charge >= 0.3 is 12.1 Å². The fraction of sp³-hybridized carbons (Fsp3) is 0.207. The van der Waals surface area contributed by atoms with Gasteiger partial charge in [-0.1, -0.05) is 71.4 Å². The van der Waals surface area contributed by atoms with Crippen molar-refractivity contribution in [1.82, 2.24) is 5.16 Å². The van der Waals surface area contributed by atoms with Gasteiger partial charge in [-0.3, -0.25) is 10.1 Å². The number of carbonyl (C=O) groups is 2. The highest BCUT2D eigenvalue weighted by Crippen LogP contribution is 2.33. The van der Waals surface area contributed by atoms with E-state index < -0.39 is 18.2 Å². The minimum atomic E-state index is -0.889. The molecular formula is C29H27ClN2O6. The zero-order valence-corrected chi connectivity index (χ0v) is 21.9. The van der Waals surface area contributed by atoms with E-state index in [1.807, 2.05) is 42.5 Å².